The molecule has 3 N–H and O–H groups in total. The lowest BCUT2D eigenvalue weighted by Gasteiger charge is -2.44. The predicted molar refractivity (Wildman–Crippen MR) is 85.1 cm³/mol. The van der Waals surface area contributed by atoms with Crippen LogP contribution in [0, 0.1) is 5.92 Å². The van der Waals surface area contributed by atoms with Crippen LogP contribution in [0.4, 0.5) is 0 Å². The van der Waals surface area contributed by atoms with E-state index < -0.39 is 18.0 Å². The number of fused-ring (bicyclic) bond motifs is 1. The molecule has 126 valence electrons. The van der Waals surface area contributed by atoms with Crippen LogP contribution in [-0.4, -0.2) is 51.1 Å². The SMILES string of the molecule is CC(C)NC(=O)C=CSC1=C(C(=O)O)N2C(=O)[C@@H]([C@H](C)O)[C@H]2C1. The number of carboxylic acid groups (broad SMARTS) is 1. The maximum absolute atomic E-state index is 12.0. The summed E-state index contributed by atoms with van der Waals surface area (Å²) in [5.74, 6) is -2.35. The number of carbonyl (C=O) groups is 3. The van der Waals surface area contributed by atoms with Gasteiger partial charge in [0.05, 0.1) is 18.1 Å². The Kier molecular flexibility index (Phi) is 5.16. The molecule has 0 spiro atoms. The Morgan fingerprint density at radius 3 is 2.57 bits per heavy atom. The highest BCUT2D eigenvalue weighted by Crippen LogP contribution is 2.47. The summed E-state index contributed by atoms with van der Waals surface area (Å²) < 4.78 is 0. The van der Waals surface area contributed by atoms with E-state index in [-0.39, 0.29) is 29.6 Å². The molecule has 1 saturated heterocycles. The summed E-state index contributed by atoms with van der Waals surface area (Å²) in [6, 6.07) is -0.294. The van der Waals surface area contributed by atoms with Crippen molar-refractivity contribution in [1.29, 1.82) is 0 Å². The van der Waals surface area contributed by atoms with Crippen molar-refractivity contribution in [2.45, 2.75) is 45.4 Å². The van der Waals surface area contributed by atoms with Crippen molar-refractivity contribution in [3.8, 4) is 0 Å². The van der Waals surface area contributed by atoms with Gasteiger partial charge in [-0.3, -0.25) is 9.59 Å². The van der Waals surface area contributed by atoms with Crippen molar-refractivity contribution < 1.29 is 24.6 Å². The molecule has 23 heavy (non-hydrogen) atoms. The van der Waals surface area contributed by atoms with Gasteiger partial charge in [0.25, 0.3) is 0 Å². The molecular formula is C15H20N2O5S. The second kappa shape index (κ2) is 6.76. The molecule has 0 aromatic rings. The third-order valence-electron chi connectivity index (χ3n) is 3.75. The van der Waals surface area contributed by atoms with Crippen molar-refractivity contribution in [1.82, 2.24) is 10.2 Å². The van der Waals surface area contributed by atoms with Crippen LogP contribution in [0.15, 0.2) is 22.1 Å². The maximum Gasteiger partial charge on any atom is 0.353 e. The molecule has 3 atom stereocenters. The maximum atomic E-state index is 12.0. The van der Waals surface area contributed by atoms with E-state index in [1.807, 2.05) is 13.8 Å². The zero-order valence-electron chi connectivity index (χ0n) is 13.1. The second-order valence-corrected chi connectivity index (χ2v) is 6.91. The molecular weight excluding hydrogens is 320 g/mol. The van der Waals surface area contributed by atoms with Gasteiger partial charge in [-0.1, -0.05) is 11.8 Å². The van der Waals surface area contributed by atoms with Crippen LogP contribution >= 0.6 is 11.8 Å². The highest BCUT2D eigenvalue weighted by atomic mass is 32.2. The molecule has 0 unspecified atom stereocenters. The highest BCUT2D eigenvalue weighted by molar-refractivity contribution is 8.05. The molecule has 0 aromatic carbocycles. The fourth-order valence-corrected chi connectivity index (χ4v) is 3.77. The van der Waals surface area contributed by atoms with Gasteiger partial charge in [0.15, 0.2) is 0 Å². The Balaban J connectivity index is 2.09. The van der Waals surface area contributed by atoms with Gasteiger partial charge in [0.1, 0.15) is 5.70 Å². The number of carboxylic acids is 1. The zero-order valence-corrected chi connectivity index (χ0v) is 14.0. The van der Waals surface area contributed by atoms with Crippen LogP contribution < -0.4 is 5.32 Å². The minimum Gasteiger partial charge on any atom is -0.477 e. The van der Waals surface area contributed by atoms with Gasteiger partial charge in [0.2, 0.25) is 11.8 Å². The number of thioether (sulfide) groups is 1. The smallest absolute Gasteiger partial charge is 0.353 e. The Bertz CT molecular complexity index is 597. The van der Waals surface area contributed by atoms with Crippen LogP contribution in [0.1, 0.15) is 27.2 Å². The van der Waals surface area contributed by atoms with E-state index >= 15 is 0 Å². The fraction of sp³-hybridized carbons (Fsp3) is 0.533. The van der Waals surface area contributed by atoms with Crippen LogP contribution in [0.5, 0.6) is 0 Å². The van der Waals surface area contributed by atoms with E-state index in [0.29, 0.717) is 11.3 Å². The molecule has 7 nitrogen and oxygen atoms in total. The molecule has 2 rings (SSSR count). The quantitative estimate of drug-likeness (QED) is 0.484. The van der Waals surface area contributed by atoms with Crippen molar-refractivity contribution in [3.63, 3.8) is 0 Å². The zero-order chi connectivity index (χ0) is 17.3. The molecule has 2 aliphatic heterocycles. The summed E-state index contributed by atoms with van der Waals surface area (Å²) >= 11 is 1.12. The average Bonchev–Trinajstić information content (AvgIpc) is 2.72. The summed E-state index contributed by atoms with van der Waals surface area (Å²) in [7, 11) is 0. The molecule has 0 bridgehead atoms. The first kappa shape index (κ1) is 17.6. The highest BCUT2D eigenvalue weighted by Gasteiger charge is 2.56. The second-order valence-electron chi connectivity index (χ2n) is 5.91. The van der Waals surface area contributed by atoms with Crippen LogP contribution in [0.3, 0.4) is 0 Å². The number of aliphatic carboxylic acids is 1. The standard InChI is InChI=1S/C15H20N2O5S/c1-7(2)16-11(19)4-5-23-10-6-9-12(8(3)18)14(20)17(9)13(10)15(21)22/h4-5,7-9,12,18H,6H2,1-3H3,(H,16,19)(H,21,22)/t8-,9+,12-/m0/s1. The fourth-order valence-electron chi connectivity index (χ4n) is 2.85. The van der Waals surface area contributed by atoms with Gasteiger partial charge in [-0.25, -0.2) is 4.79 Å². The van der Waals surface area contributed by atoms with E-state index in [2.05, 4.69) is 5.32 Å². The van der Waals surface area contributed by atoms with Crippen molar-refractivity contribution in [2.24, 2.45) is 5.92 Å². The minimum absolute atomic E-state index is 0.0174. The third kappa shape index (κ3) is 3.42. The summed E-state index contributed by atoms with van der Waals surface area (Å²) in [6.45, 7) is 5.21. The lowest BCUT2D eigenvalue weighted by molar-refractivity contribution is -0.161. The summed E-state index contributed by atoms with van der Waals surface area (Å²) in [5, 5.41) is 23.2. The number of hydrogen-bond acceptors (Lipinski definition) is 5. The number of aliphatic hydroxyl groups excluding tert-OH is 1. The Hall–Kier alpha value is -1.80. The minimum atomic E-state index is -1.17. The van der Waals surface area contributed by atoms with Crippen molar-refractivity contribution in [3.05, 3.63) is 22.1 Å². The van der Waals surface area contributed by atoms with Gasteiger partial charge in [-0.15, -0.1) is 0 Å². The Morgan fingerprint density at radius 2 is 2.04 bits per heavy atom. The number of amides is 2. The first-order valence-corrected chi connectivity index (χ1v) is 8.23. The van der Waals surface area contributed by atoms with Crippen LogP contribution in [0.2, 0.25) is 0 Å². The molecule has 8 heteroatoms. The first-order valence-electron chi connectivity index (χ1n) is 7.35. The number of nitrogens with one attached hydrogen (secondary N) is 1. The van der Waals surface area contributed by atoms with Crippen LogP contribution in [0.25, 0.3) is 0 Å². The van der Waals surface area contributed by atoms with E-state index in [4.69, 9.17) is 0 Å². The van der Waals surface area contributed by atoms with E-state index in [1.165, 1.54) is 23.3 Å². The molecule has 1 fully saturated rings. The number of carbonyl (C=O) groups excluding carboxylic acids is 2. The van der Waals surface area contributed by atoms with E-state index in [1.54, 1.807) is 0 Å². The third-order valence-corrected chi connectivity index (χ3v) is 4.67. The summed E-state index contributed by atoms with van der Waals surface area (Å²) in [6.07, 6.45) is 0.903. The van der Waals surface area contributed by atoms with Crippen LogP contribution in [-0.2, 0) is 14.4 Å². The van der Waals surface area contributed by atoms with Gasteiger partial charge in [0, 0.05) is 23.4 Å². The number of β-lactam (4-membered cyclic amide) rings is 1. The van der Waals surface area contributed by atoms with Crippen molar-refractivity contribution >= 4 is 29.5 Å². The summed E-state index contributed by atoms with van der Waals surface area (Å²) in [5.41, 5.74) is -0.0455. The van der Waals surface area contributed by atoms with Gasteiger partial charge < -0.3 is 20.4 Å². The monoisotopic (exact) mass is 340 g/mol. The van der Waals surface area contributed by atoms with E-state index in [0.717, 1.165) is 11.8 Å². The number of nitrogens with zero attached hydrogens (tertiary/aromatic N) is 1. The summed E-state index contributed by atoms with van der Waals surface area (Å²) in [4.78, 5) is 36.8. The number of aliphatic hydroxyl groups is 1. The van der Waals surface area contributed by atoms with Gasteiger partial charge in [-0.05, 0) is 26.2 Å². The first-order chi connectivity index (χ1) is 10.7. The molecule has 0 aliphatic carbocycles. The average molecular weight is 340 g/mol. The topological polar surface area (TPSA) is 107 Å². The van der Waals surface area contributed by atoms with E-state index in [9.17, 15) is 24.6 Å². The Labute approximate surface area is 138 Å². The number of rotatable bonds is 6. The lowest BCUT2D eigenvalue weighted by atomic mass is 9.83. The molecule has 0 radical (unpaired) electrons. The molecule has 2 heterocycles. The molecule has 2 amide bonds. The normalized spacial score (nSPS) is 24.9. The largest absolute Gasteiger partial charge is 0.477 e. The number of hydrogen-bond donors (Lipinski definition) is 3. The van der Waals surface area contributed by atoms with Crippen molar-refractivity contribution in [2.75, 3.05) is 0 Å². The van der Waals surface area contributed by atoms with Gasteiger partial charge >= 0.3 is 5.97 Å². The van der Waals surface area contributed by atoms with Gasteiger partial charge in [-0.2, -0.15) is 0 Å². The molecule has 2 aliphatic rings. The predicted octanol–water partition coefficient (Wildman–Crippen LogP) is 0.666. The lowest BCUT2D eigenvalue weighted by Crippen LogP contribution is -2.61. The molecule has 0 aromatic heterocycles. The Morgan fingerprint density at radius 1 is 1.39 bits per heavy atom. The molecule has 0 saturated carbocycles.